The molecule has 2 N–H and O–H groups in total. The molecule has 0 bridgehead atoms. The van der Waals surface area contributed by atoms with Gasteiger partial charge in [-0.05, 0) is 34.1 Å². The van der Waals surface area contributed by atoms with E-state index in [1.807, 2.05) is 13.8 Å². The molecule has 0 aromatic carbocycles. The van der Waals surface area contributed by atoms with Crippen LogP contribution in [0.3, 0.4) is 0 Å². The van der Waals surface area contributed by atoms with Crippen LogP contribution in [0.2, 0.25) is 0 Å². The van der Waals surface area contributed by atoms with Gasteiger partial charge in [0, 0.05) is 11.1 Å². The third-order valence-corrected chi connectivity index (χ3v) is 2.41. The normalized spacial score (nSPS) is 39.5. The highest BCUT2D eigenvalue weighted by Gasteiger charge is 2.45. The standard InChI is InChI=1S/C9H18FNO/c1-8(2)5-6(12)7(10)9(3,4)11-8/h6-7,11-12H,5H2,1-4H3. The van der Waals surface area contributed by atoms with Gasteiger partial charge in [0.25, 0.3) is 0 Å². The number of nitrogens with one attached hydrogen (secondary N) is 1. The maximum atomic E-state index is 13.4. The zero-order valence-corrected chi connectivity index (χ0v) is 8.19. The summed E-state index contributed by atoms with van der Waals surface area (Å²) < 4.78 is 13.4. The van der Waals surface area contributed by atoms with Crippen LogP contribution in [0.25, 0.3) is 0 Å². The molecule has 0 spiro atoms. The molecule has 3 heteroatoms. The predicted octanol–water partition coefficient (Wildman–Crippen LogP) is 1.24. The lowest BCUT2D eigenvalue weighted by Gasteiger charge is -2.47. The number of halogens is 1. The summed E-state index contributed by atoms with van der Waals surface area (Å²) >= 11 is 0. The summed E-state index contributed by atoms with van der Waals surface area (Å²) in [5, 5.41) is 12.6. The quantitative estimate of drug-likeness (QED) is 0.580. The van der Waals surface area contributed by atoms with Crippen LogP contribution >= 0.6 is 0 Å². The Labute approximate surface area is 73.2 Å². The van der Waals surface area contributed by atoms with Crippen molar-refractivity contribution in [3.05, 3.63) is 0 Å². The van der Waals surface area contributed by atoms with Crippen LogP contribution in [0.4, 0.5) is 4.39 Å². The maximum Gasteiger partial charge on any atom is 0.143 e. The molecule has 0 amide bonds. The van der Waals surface area contributed by atoms with Crippen molar-refractivity contribution in [1.29, 1.82) is 0 Å². The van der Waals surface area contributed by atoms with Gasteiger partial charge in [-0.2, -0.15) is 0 Å². The van der Waals surface area contributed by atoms with Gasteiger partial charge in [-0.3, -0.25) is 0 Å². The molecule has 0 aromatic heterocycles. The molecule has 0 aliphatic carbocycles. The number of aliphatic hydroxyl groups is 1. The fourth-order valence-electron chi connectivity index (χ4n) is 2.10. The summed E-state index contributed by atoms with van der Waals surface area (Å²) in [6.07, 6.45) is -1.54. The first-order chi connectivity index (χ1) is 5.25. The van der Waals surface area contributed by atoms with Crippen LogP contribution in [0.1, 0.15) is 34.1 Å². The summed E-state index contributed by atoms with van der Waals surface area (Å²) in [5.74, 6) is 0. The van der Waals surface area contributed by atoms with E-state index >= 15 is 0 Å². The average Bonchev–Trinajstić information content (AvgIpc) is 1.79. The first-order valence-corrected chi connectivity index (χ1v) is 4.36. The molecule has 0 radical (unpaired) electrons. The van der Waals surface area contributed by atoms with E-state index in [2.05, 4.69) is 5.32 Å². The molecule has 2 atom stereocenters. The molecule has 2 nitrogen and oxygen atoms in total. The monoisotopic (exact) mass is 175 g/mol. The van der Waals surface area contributed by atoms with Crippen LogP contribution in [-0.4, -0.2) is 28.5 Å². The average molecular weight is 175 g/mol. The molecule has 0 saturated carbocycles. The number of aliphatic hydroxyl groups excluding tert-OH is 1. The van der Waals surface area contributed by atoms with E-state index < -0.39 is 17.8 Å². The highest BCUT2D eigenvalue weighted by Crippen LogP contribution is 2.30. The molecule has 0 aromatic rings. The van der Waals surface area contributed by atoms with Crippen molar-refractivity contribution in [2.45, 2.75) is 57.5 Å². The number of hydrogen-bond donors (Lipinski definition) is 2. The minimum Gasteiger partial charge on any atom is -0.390 e. The Morgan fingerprint density at radius 3 is 2.25 bits per heavy atom. The fraction of sp³-hybridized carbons (Fsp3) is 1.00. The molecular weight excluding hydrogens is 157 g/mol. The molecule has 1 fully saturated rings. The highest BCUT2D eigenvalue weighted by molar-refractivity contribution is 5.03. The predicted molar refractivity (Wildman–Crippen MR) is 46.8 cm³/mol. The van der Waals surface area contributed by atoms with Gasteiger partial charge in [-0.1, -0.05) is 0 Å². The van der Waals surface area contributed by atoms with Crippen molar-refractivity contribution in [1.82, 2.24) is 5.32 Å². The Kier molecular flexibility index (Phi) is 2.21. The third-order valence-electron chi connectivity index (χ3n) is 2.41. The number of piperidine rings is 1. The number of rotatable bonds is 0. The molecule has 1 saturated heterocycles. The molecule has 2 unspecified atom stereocenters. The minimum absolute atomic E-state index is 0.175. The molecular formula is C9H18FNO. The summed E-state index contributed by atoms with van der Waals surface area (Å²) in [4.78, 5) is 0. The van der Waals surface area contributed by atoms with E-state index in [1.165, 1.54) is 0 Å². The Bertz CT molecular complexity index is 179. The van der Waals surface area contributed by atoms with E-state index in [9.17, 15) is 9.50 Å². The van der Waals surface area contributed by atoms with E-state index in [1.54, 1.807) is 13.8 Å². The van der Waals surface area contributed by atoms with Gasteiger partial charge in [-0.15, -0.1) is 0 Å². The highest BCUT2D eigenvalue weighted by atomic mass is 19.1. The van der Waals surface area contributed by atoms with Crippen LogP contribution in [0, 0.1) is 0 Å². The summed E-state index contributed by atoms with van der Waals surface area (Å²) in [7, 11) is 0. The second-order valence-electron chi connectivity index (χ2n) is 4.90. The molecule has 12 heavy (non-hydrogen) atoms. The topological polar surface area (TPSA) is 32.3 Å². The van der Waals surface area contributed by atoms with Crippen molar-refractivity contribution in [3.8, 4) is 0 Å². The van der Waals surface area contributed by atoms with Gasteiger partial charge in [0.15, 0.2) is 0 Å². The lowest BCUT2D eigenvalue weighted by Crippen LogP contribution is -2.65. The maximum absolute atomic E-state index is 13.4. The van der Waals surface area contributed by atoms with Gasteiger partial charge < -0.3 is 10.4 Å². The first kappa shape index (κ1) is 9.93. The van der Waals surface area contributed by atoms with Crippen molar-refractivity contribution in [3.63, 3.8) is 0 Å². The number of alkyl halides is 1. The van der Waals surface area contributed by atoms with Gasteiger partial charge in [-0.25, -0.2) is 4.39 Å². The second kappa shape index (κ2) is 2.67. The summed E-state index contributed by atoms with van der Waals surface area (Å²) in [6.45, 7) is 7.51. The molecule has 1 aliphatic heterocycles. The second-order valence-corrected chi connectivity index (χ2v) is 4.90. The first-order valence-electron chi connectivity index (χ1n) is 4.36. The Morgan fingerprint density at radius 1 is 1.33 bits per heavy atom. The lowest BCUT2D eigenvalue weighted by molar-refractivity contribution is -0.0394. The van der Waals surface area contributed by atoms with Crippen molar-refractivity contribution >= 4 is 0 Å². The molecule has 1 heterocycles. The van der Waals surface area contributed by atoms with Crippen molar-refractivity contribution in [2.24, 2.45) is 0 Å². The van der Waals surface area contributed by atoms with Gasteiger partial charge in [0.05, 0.1) is 6.10 Å². The van der Waals surface area contributed by atoms with Gasteiger partial charge in [0.2, 0.25) is 0 Å². The summed E-state index contributed by atoms with van der Waals surface area (Å²) in [6, 6.07) is 0. The van der Waals surface area contributed by atoms with E-state index in [-0.39, 0.29) is 5.54 Å². The molecule has 72 valence electrons. The third kappa shape index (κ3) is 1.77. The zero-order chi connectivity index (χ0) is 9.57. The van der Waals surface area contributed by atoms with Crippen LogP contribution < -0.4 is 5.32 Å². The summed E-state index contributed by atoms with van der Waals surface area (Å²) in [5.41, 5.74) is -0.799. The van der Waals surface area contributed by atoms with Crippen LogP contribution in [0.5, 0.6) is 0 Å². The fourth-order valence-corrected chi connectivity index (χ4v) is 2.10. The molecule has 1 rings (SSSR count). The van der Waals surface area contributed by atoms with E-state index in [0.717, 1.165) is 0 Å². The number of hydrogen-bond acceptors (Lipinski definition) is 2. The minimum atomic E-state index is -1.18. The van der Waals surface area contributed by atoms with E-state index in [4.69, 9.17) is 0 Å². The Hall–Kier alpha value is -0.150. The smallest absolute Gasteiger partial charge is 0.143 e. The molecule has 1 aliphatic rings. The van der Waals surface area contributed by atoms with Gasteiger partial charge in [0.1, 0.15) is 6.17 Å². The largest absolute Gasteiger partial charge is 0.390 e. The van der Waals surface area contributed by atoms with Crippen LogP contribution in [-0.2, 0) is 0 Å². The Balaban J connectivity index is 2.80. The SMILES string of the molecule is CC1(C)CC(O)C(F)C(C)(C)N1. The van der Waals surface area contributed by atoms with Crippen LogP contribution in [0.15, 0.2) is 0 Å². The lowest BCUT2D eigenvalue weighted by atomic mass is 9.79. The Morgan fingerprint density at radius 2 is 1.83 bits per heavy atom. The van der Waals surface area contributed by atoms with Crippen molar-refractivity contribution in [2.75, 3.05) is 0 Å². The zero-order valence-electron chi connectivity index (χ0n) is 8.19. The van der Waals surface area contributed by atoms with Gasteiger partial charge >= 0.3 is 0 Å². The van der Waals surface area contributed by atoms with E-state index in [0.29, 0.717) is 6.42 Å². The van der Waals surface area contributed by atoms with Crippen molar-refractivity contribution < 1.29 is 9.50 Å².